The van der Waals surface area contributed by atoms with E-state index >= 15 is 0 Å². The Morgan fingerprint density at radius 1 is 0.614 bits per heavy atom. The van der Waals surface area contributed by atoms with Crippen LogP contribution in [0.3, 0.4) is 0 Å². The third-order valence-electron chi connectivity index (χ3n) is 7.22. The van der Waals surface area contributed by atoms with Gasteiger partial charge in [-0.25, -0.2) is 9.97 Å². The molecule has 6 rings (SSSR count). The van der Waals surface area contributed by atoms with Gasteiger partial charge in [0.15, 0.2) is 10.3 Å². The topological polar surface area (TPSA) is 116 Å². The van der Waals surface area contributed by atoms with Gasteiger partial charge in [-0.05, 0) is 110 Å². The second-order valence-corrected chi connectivity index (χ2v) is 12.8. The van der Waals surface area contributed by atoms with Gasteiger partial charge in [-0.2, -0.15) is 0 Å². The number of hydrogen-bond acceptors (Lipinski definition) is 6. The minimum atomic E-state index is -0.0938. The Morgan fingerprint density at radius 2 is 1.05 bits per heavy atom. The zero-order chi connectivity index (χ0) is 30.8. The van der Waals surface area contributed by atoms with E-state index in [0.29, 0.717) is 0 Å². The molecule has 6 aromatic rings. The molecule has 0 aliphatic carbocycles. The minimum Gasteiger partial charge on any atom is -0.333 e. The van der Waals surface area contributed by atoms with E-state index < -0.39 is 0 Å². The lowest BCUT2D eigenvalue weighted by molar-refractivity contribution is -0.114. The fraction of sp³-hybridized carbons (Fsp3) is 0.176. The molecule has 0 aliphatic heterocycles. The fourth-order valence-electron chi connectivity index (χ4n) is 5.09. The molecule has 0 saturated carbocycles. The van der Waals surface area contributed by atoms with Gasteiger partial charge in [0.25, 0.3) is 0 Å². The molecule has 44 heavy (non-hydrogen) atoms. The van der Waals surface area contributed by atoms with Crippen LogP contribution in [0, 0.1) is 27.7 Å². The molecule has 4 N–H and O–H groups in total. The van der Waals surface area contributed by atoms with Crippen LogP contribution in [0.2, 0.25) is 0 Å². The van der Waals surface area contributed by atoms with Crippen LogP contribution in [-0.4, -0.2) is 43.3 Å². The highest BCUT2D eigenvalue weighted by atomic mass is 32.2. The smallest absolute Gasteiger partial charge is 0.234 e. The van der Waals surface area contributed by atoms with Crippen molar-refractivity contribution in [2.24, 2.45) is 0 Å². The van der Waals surface area contributed by atoms with Gasteiger partial charge in [0, 0.05) is 11.4 Å². The Bertz CT molecular complexity index is 1880. The first-order valence-electron chi connectivity index (χ1n) is 14.2. The number of rotatable bonds is 9. The quantitative estimate of drug-likeness (QED) is 0.123. The summed E-state index contributed by atoms with van der Waals surface area (Å²) in [4.78, 5) is 41.0. The zero-order valence-corrected chi connectivity index (χ0v) is 26.5. The van der Waals surface area contributed by atoms with Crippen molar-refractivity contribution in [3.63, 3.8) is 0 Å². The molecule has 10 heteroatoms. The maximum Gasteiger partial charge on any atom is 0.234 e. The molecule has 2 heterocycles. The number of amides is 2. The van der Waals surface area contributed by atoms with Gasteiger partial charge in [-0.15, -0.1) is 0 Å². The van der Waals surface area contributed by atoms with Crippen molar-refractivity contribution in [3.05, 3.63) is 95.1 Å². The predicted octanol–water partition coefficient (Wildman–Crippen LogP) is 7.80. The van der Waals surface area contributed by atoms with Crippen LogP contribution < -0.4 is 10.6 Å². The standard InChI is InChI=1S/C34H32N6O2S2/c1-19-5-11-27-29(13-19)39-33(37-27)43-17-31(41)35-23-7-9-25(21(3)15-23)26-10-8-24(16-22(26)4)36-32(42)18-44-34-38-28-12-6-20(2)14-30(28)40-34/h5-16H,17-18H2,1-4H3,(H,35,41)(H,36,42)(H,37,39)(H,38,40). The number of benzene rings is 4. The second-order valence-electron chi connectivity index (χ2n) is 10.9. The van der Waals surface area contributed by atoms with E-state index in [0.717, 1.165) is 77.1 Å². The number of H-pyrrole nitrogens is 2. The molecule has 0 fully saturated rings. The van der Waals surface area contributed by atoms with Crippen molar-refractivity contribution < 1.29 is 9.59 Å². The summed E-state index contributed by atoms with van der Waals surface area (Å²) >= 11 is 2.76. The highest BCUT2D eigenvalue weighted by molar-refractivity contribution is 8.00. The largest absolute Gasteiger partial charge is 0.333 e. The van der Waals surface area contributed by atoms with Gasteiger partial charge >= 0.3 is 0 Å². The van der Waals surface area contributed by atoms with Crippen LogP contribution in [0.25, 0.3) is 33.2 Å². The SMILES string of the molecule is Cc1ccc2nc(SCC(=O)Nc3ccc(-c4ccc(NC(=O)CSc5nc6ccc(C)cc6[nH]5)cc4C)c(C)c3)[nH]c2c1. The lowest BCUT2D eigenvalue weighted by Gasteiger charge is -2.14. The van der Waals surface area contributed by atoms with Crippen LogP contribution in [-0.2, 0) is 9.59 Å². The molecule has 4 aromatic carbocycles. The van der Waals surface area contributed by atoms with Gasteiger partial charge in [-0.1, -0.05) is 47.8 Å². The van der Waals surface area contributed by atoms with Crippen LogP contribution >= 0.6 is 23.5 Å². The summed E-state index contributed by atoms with van der Waals surface area (Å²) in [6.45, 7) is 8.14. The number of aromatic nitrogens is 4. The number of aromatic amines is 2. The first-order chi connectivity index (χ1) is 21.2. The summed E-state index contributed by atoms with van der Waals surface area (Å²) in [6, 6.07) is 23.9. The molecular formula is C34H32N6O2S2. The minimum absolute atomic E-state index is 0.0938. The molecule has 222 valence electrons. The predicted molar refractivity (Wildman–Crippen MR) is 182 cm³/mol. The maximum absolute atomic E-state index is 12.7. The number of anilines is 2. The average molecular weight is 621 g/mol. The molecule has 0 bridgehead atoms. The summed E-state index contributed by atoms with van der Waals surface area (Å²) in [7, 11) is 0. The highest BCUT2D eigenvalue weighted by Crippen LogP contribution is 2.31. The van der Waals surface area contributed by atoms with Crippen LogP contribution in [0.5, 0.6) is 0 Å². The number of nitrogens with one attached hydrogen (secondary N) is 4. The number of fused-ring (bicyclic) bond motifs is 2. The Labute approximate surface area is 263 Å². The average Bonchev–Trinajstić information content (AvgIpc) is 3.58. The molecule has 0 atom stereocenters. The van der Waals surface area contributed by atoms with Crippen molar-refractivity contribution in [3.8, 4) is 11.1 Å². The second kappa shape index (κ2) is 12.6. The van der Waals surface area contributed by atoms with Gasteiger partial charge in [0.1, 0.15) is 0 Å². The monoisotopic (exact) mass is 620 g/mol. The van der Waals surface area contributed by atoms with Gasteiger partial charge < -0.3 is 20.6 Å². The van der Waals surface area contributed by atoms with Crippen molar-refractivity contribution in [2.75, 3.05) is 22.1 Å². The lowest BCUT2D eigenvalue weighted by atomic mass is 9.96. The number of thioether (sulfide) groups is 2. The van der Waals surface area contributed by atoms with Crippen molar-refractivity contribution in [1.82, 2.24) is 19.9 Å². The van der Waals surface area contributed by atoms with Gasteiger partial charge in [0.05, 0.1) is 33.6 Å². The number of nitrogens with zero attached hydrogens (tertiary/aromatic N) is 2. The van der Waals surface area contributed by atoms with E-state index in [4.69, 9.17) is 0 Å². The maximum atomic E-state index is 12.7. The fourth-order valence-corrected chi connectivity index (χ4v) is 6.46. The highest BCUT2D eigenvalue weighted by Gasteiger charge is 2.12. The molecule has 0 spiro atoms. The molecule has 0 aliphatic rings. The molecule has 0 saturated heterocycles. The summed E-state index contributed by atoms with van der Waals surface area (Å²) in [6.07, 6.45) is 0. The van der Waals surface area contributed by atoms with E-state index in [2.05, 4.69) is 30.6 Å². The summed E-state index contributed by atoms with van der Waals surface area (Å²) in [5.41, 5.74) is 11.8. The number of carbonyl (C=O) groups is 2. The third-order valence-corrected chi connectivity index (χ3v) is 8.97. The normalized spacial score (nSPS) is 11.3. The third kappa shape index (κ3) is 6.82. The van der Waals surface area contributed by atoms with Crippen molar-refractivity contribution >= 4 is 68.8 Å². The van der Waals surface area contributed by atoms with Crippen LogP contribution in [0.4, 0.5) is 11.4 Å². The van der Waals surface area contributed by atoms with E-state index in [1.54, 1.807) is 0 Å². The molecule has 0 unspecified atom stereocenters. The lowest BCUT2D eigenvalue weighted by Crippen LogP contribution is -2.14. The van der Waals surface area contributed by atoms with E-state index in [1.807, 2.05) is 100 Å². The first-order valence-corrected chi connectivity index (χ1v) is 16.2. The number of hydrogen-bond donors (Lipinski definition) is 4. The van der Waals surface area contributed by atoms with Crippen LogP contribution in [0.1, 0.15) is 22.3 Å². The van der Waals surface area contributed by atoms with Gasteiger partial charge in [0.2, 0.25) is 11.8 Å². The Balaban J connectivity index is 1.03. The number of aryl methyl sites for hydroxylation is 4. The van der Waals surface area contributed by atoms with E-state index in [-0.39, 0.29) is 23.3 Å². The van der Waals surface area contributed by atoms with Crippen molar-refractivity contribution in [2.45, 2.75) is 38.0 Å². The Hall–Kier alpha value is -4.54. The summed E-state index contributed by atoms with van der Waals surface area (Å²) < 4.78 is 0. The summed E-state index contributed by atoms with van der Waals surface area (Å²) in [5, 5.41) is 7.44. The number of imidazole rings is 2. The van der Waals surface area contributed by atoms with Crippen LogP contribution in [0.15, 0.2) is 83.1 Å². The van der Waals surface area contributed by atoms with E-state index in [1.165, 1.54) is 23.5 Å². The van der Waals surface area contributed by atoms with Gasteiger partial charge in [-0.3, -0.25) is 9.59 Å². The molecule has 0 radical (unpaired) electrons. The van der Waals surface area contributed by atoms with E-state index in [9.17, 15) is 9.59 Å². The Kier molecular flexibility index (Phi) is 8.45. The number of carbonyl (C=O) groups excluding carboxylic acids is 2. The summed E-state index contributed by atoms with van der Waals surface area (Å²) in [5.74, 6) is 0.317. The zero-order valence-electron chi connectivity index (χ0n) is 24.9. The molecular weight excluding hydrogens is 589 g/mol. The van der Waals surface area contributed by atoms with Crippen molar-refractivity contribution in [1.29, 1.82) is 0 Å². The Morgan fingerprint density at radius 3 is 1.45 bits per heavy atom. The molecule has 2 amide bonds. The molecule has 8 nitrogen and oxygen atoms in total. The molecule has 2 aromatic heterocycles. The first kappa shape index (κ1) is 29.5.